The summed E-state index contributed by atoms with van der Waals surface area (Å²) in [5.41, 5.74) is 0.916. The van der Waals surface area contributed by atoms with E-state index in [2.05, 4.69) is 77.2 Å². The Labute approximate surface area is 281 Å². The maximum atomic E-state index is 12.7. The molecule has 1 atom stereocenters. The molecule has 0 aliphatic carbocycles. The number of carbonyl (C=O) groups is 3. The van der Waals surface area contributed by atoms with Crippen LogP contribution in [0, 0.1) is 0 Å². The highest BCUT2D eigenvalue weighted by Gasteiger charge is 2.24. The van der Waals surface area contributed by atoms with Gasteiger partial charge in [-0.3, -0.25) is 14.6 Å². The van der Waals surface area contributed by atoms with Crippen molar-refractivity contribution in [3.05, 3.63) is 96.9 Å². The minimum Gasteiger partial charge on any atom is -0.456 e. The third-order valence-electron chi connectivity index (χ3n) is 6.78. The van der Waals surface area contributed by atoms with Crippen molar-refractivity contribution in [2.75, 3.05) is 19.8 Å². The van der Waals surface area contributed by atoms with Gasteiger partial charge in [-0.05, 0) is 75.8 Å². The Balaban J connectivity index is 2.32. The molecule has 9 nitrogen and oxygen atoms in total. The number of aliphatic hydroxyl groups excluding tert-OH is 2. The van der Waals surface area contributed by atoms with E-state index in [4.69, 9.17) is 4.74 Å². The molecule has 0 saturated heterocycles. The molecular formula is C38H55N3O6. The summed E-state index contributed by atoms with van der Waals surface area (Å²) in [5, 5.41) is 24.2. The van der Waals surface area contributed by atoms with Gasteiger partial charge in [-0.2, -0.15) is 0 Å². The standard InChI is InChI=1S/C38H55N3O6/c1-2-3-4-5-6-7-8-9-10-11-12-13-14-15-16-17-18-26-37(45)41-35(38(46)47-34(31-42)32-43)25-19-20-29-40-36(44)27-21-23-33-24-22-28-39-30-33/h3-4,6-7,9-10,12-13,15-16,21-24,28,30,34-35,42-43H,2,5,8,11,14,17-20,25-27,29,31-32H2,1H3,(H,40,44)(H,41,45). The van der Waals surface area contributed by atoms with E-state index >= 15 is 0 Å². The van der Waals surface area contributed by atoms with E-state index in [0.29, 0.717) is 32.2 Å². The van der Waals surface area contributed by atoms with Crippen molar-refractivity contribution in [2.45, 2.75) is 96.1 Å². The summed E-state index contributed by atoms with van der Waals surface area (Å²) in [4.78, 5) is 41.4. The number of aromatic nitrogens is 1. The van der Waals surface area contributed by atoms with Crippen molar-refractivity contribution in [1.29, 1.82) is 0 Å². The zero-order chi connectivity index (χ0) is 34.2. The van der Waals surface area contributed by atoms with Crippen LogP contribution in [0.5, 0.6) is 0 Å². The Bertz CT molecular complexity index is 1150. The molecule has 0 aromatic carbocycles. The summed E-state index contributed by atoms with van der Waals surface area (Å²) in [6.45, 7) is 1.53. The van der Waals surface area contributed by atoms with Crippen LogP contribution in [0.15, 0.2) is 91.4 Å². The lowest BCUT2D eigenvalue weighted by Crippen LogP contribution is -2.44. The van der Waals surface area contributed by atoms with Crippen LogP contribution in [0.25, 0.3) is 6.08 Å². The minimum absolute atomic E-state index is 0.115. The van der Waals surface area contributed by atoms with Gasteiger partial charge in [-0.15, -0.1) is 0 Å². The van der Waals surface area contributed by atoms with Crippen LogP contribution in [0.4, 0.5) is 0 Å². The molecule has 47 heavy (non-hydrogen) atoms. The quantitative estimate of drug-likeness (QED) is 0.0543. The molecule has 0 spiro atoms. The smallest absolute Gasteiger partial charge is 0.329 e. The first-order chi connectivity index (χ1) is 23.0. The molecule has 1 unspecified atom stereocenters. The lowest BCUT2D eigenvalue weighted by Gasteiger charge is -2.20. The van der Waals surface area contributed by atoms with E-state index in [-0.39, 0.29) is 24.7 Å². The van der Waals surface area contributed by atoms with Gasteiger partial charge in [0, 0.05) is 31.8 Å². The zero-order valence-electron chi connectivity index (χ0n) is 28.0. The number of nitrogens with zero attached hydrogens (tertiary/aromatic N) is 1. The monoisotopic (exact) mass is 649 g/mol. The fourth-order valence-corrected chi connectivity index (χ4v) is 4.19. The Morgan fingerprint density at radius 2 is 1.47 bits per heavy atom. The number of esters is 1. The minimum atomic E-state index is -1.05. The maximum Gasteiger partial charge on any atom is 0.329 e. The Morgan fingerprint density at radius 3 is 2.06 bits per heavy atom. The van der Waals surface area contributed by atoms with Crippen LogP contribution < -0.4 is 10.6 Å². The Hall–Kier alpha value is -4.08. The average Bonchev–Trinajstić information content (AvgIpc) is 3.08. The molecule has 1 aromatic heterocycles. The molecule has 0 bridgehead atoms. The number of aliphatic hydroxyl groups is 2. The predicted octanol–water partition coefficient (Wildman–Crippen LogP) is 6.07. The lowest BCUT2D eigenvalue weighted by molar-refractivity contribution is -0.157. The van der Waals surface area contributed by atoms with Crippen molar-refractivity contribution in [1.82, 2.24) is 15.6 Å². The molecule has 0 fully saturated rings. The summed E-state index contributed by atoms with van der Waals surface area (Å²) >= 11 is 0. The van der Waals surface area contributed by atoms with Crippen molar-refractivity contribution in [3.8, 4) is 0 Å². The number of ether oxygens (including phenoxy) is 1. The maximum absolute atomic E-state index is 12.7. The topological polar surface area (TPSA) is 138 Å². The van der Waals surface area contributed by atoms with Gasteiger partial charge < -0.3 is 25.6 Å². The van der Waals surface area contributed by atoms with E-state index in [9.17, 15) is 24.6 Å². The molecule has 0 aliphatic heterocycles. The number of nitrogens with one attached hydrogen (secondary N) is 2. The van der Waals surface area contributed by atoms with Crippen LogP contribution in [0.2, 0.25) is 0 Å². The fraction of sp³-hybridized carbons (Fsp3) is 0.474. The largest absolute Gasteiger partial charge is 0.456 e. The van der Waals surface area contributed by atoms with Crippen LogP contribution in [0.3, 0.4) is 0 Å². The molecule has 1 aromatic rings. The number of amides is 2. The number of hydrogen-bond acceptors (Lipinski definition) is 7. The summed E-state index contributed by atoms with van der Waals surface area (Å²) in [5.74, 6) is -1.08. The number of hydrogen-bond donors (Lipinski definition) is 4. The zero-order valence-corrected chi connectivity index (χ0v) is 28.0. The second kappa shape index (κ2) is 29.3. The highest BCUT2D eigenvalue weighted by atomic mass is 16.6. The fourth-order valence-electron chi connectivity index (χ4n) is 4.19. The molecule has 0 saturated carbocycles. The van der Waals surface area contributed by atoms with Crippen LogP contribution in [-0.2, 0) is 19.1 Å². The summed E-state index contributed by atoms with van der Waals surface area (Å²) < 4.78 is 5.16. The molecule has 1 heterocycles. The SMILES string of the molecule is CCC=CCC=CCC=CCC=CCC=CCCCC(=O)NC(CCCCNC(=O)CC=Cc1cccnc1)C(=O)OC(CO)CO. The summed E-state index contributed by atoms with van der Waals surface area (Å²) in [6.07, 6.45) is 35.4. The second-order valence-electron chi connectivity index (χ2n) is 10.9. The molecule has 0 aliphatic rings. The number of unbranched alkanes of at least 4 members (excludes halogenated alkanes) is 2. The predicted molar refractivity (Wildman–Crippen MR) is 189 cm³/mol. The third kappa shape index (κ3) is 23.9. The first-order valence-electron chi connectivity index (χ1n) is 16.8. The first kappa shape index (κ1) is 40.9. The normalized spacial score (nSPS) is 12.9. The van der Waals surface area contributed by atoms with Crippen molar-refractivity contribution < 1.29 is 29.3 Å². The lowest BCUT2D eigenvalue weighted by atomic mass is 10.1. The van der Waals surface area contributed by atoms with Crippen LogP contribution >= 0.6 is 0 Å². The number of carbonyl (C=O) groups excluding carboxylic acids is 3. The van der Waals surface area contributed by atoms with Gasteiger partial charge in [-0.1, -0.05) is 85.9 Å². The van der Waals surface area contributed by atoms with Gasteiger partial charge in [0.05, 0.1) is 13.2 Å². The van der Waals surface area contributed by atoms with Gasteiger partial charge in [0.15, 0.2) is 0 Å². The van der Waals surface area contributed by atoms with Gasteiger partial charge in [-0.25, -0.2) is 4.79 Å². The van der Waals surface area contributed by atoms with Gasteiger partial charge >= 0.3 is 5.97 Å². The molecule has 9 heteroatoms. The number of pyridine rings is 1. The number of rotatable bonds is 26. The summed E-state index contributed by atoms with van der Waals surface area (Å²) in [7, 11) is 0. The van der Waals surface area contributed by atoms with Crippen LogP contribution in [-0.4, -0.2) is 64.9 Å². The highest BCUT2D eigenvalue weighted by Crippen LogP contribution is 2.08. The highest BCUT2D eigenvalue weighted by molar-refractivity contribution is 5.84. The Morgan fingerprint density at radius 1 is 0.830 bits per heavy atom. The van der Waals surface area contributed by atoms with E-state index in [1.807, 2.05) is 24.3 Å². The van der Waals surface area contributed by atoms with Gasteiger partial charge in [0.25, 0.3) is 0 Å². The van der Waals surface area contributed by atoms with Crippen LogP contribution in [0.1, 0.15) is 89.5 Å². The van der Waals surface area contributed by atoms with Gasteiger partial charge in [0.1, 0.15) is 12.1 Å². The van der Waals surface area contributed by atoms with Gasteiger partial charge in [0.2, 0.25) is 11.8 Å². The molecule has 2 amide bonds. The van der Waals surface area contributed by atoms with Crippen molar-refractivity contribution in [2.24, 2.45) is 0 Å². The second-order valence-corrected chi connectivity index (χ2v) is 10.9. The Kier molecular flexibility index (Phi) is 25.6. The third-order valence-corrected chi connectivity index (χ3v) is 6.78. The van der Waals surface area contributed by atoms with E-state index < -0.39 is 31.3 Å². The van der Waals surface area contributed by atoms with E-state index in [0.717, 1.165) is 44.1 Å². The molecule has 1 rings (SSSR count). The average molecular weight is 650 g/mol. The molecule has 0 radical (unpaired) electrons. The molecule has 4 N–H and O–H groups in total. The van der Waals surface area contributed by atoms with E-state index in [1.54, 1.807) is 18.5 Å². The first-order valence-corrected chi connectivity index (χ1v) is 16.8. The van der Waals surface area contributed by atoms with Crippen molar-refractivity contribution in [3.63, 3.8) is 0 Å². The number of allylic oxidation sites excluding steroid dienone is 10. The molecule has 258 valence electrons. The summed E-state index contributed by atoms with van der Waals surface area (Å²) in [6, 6.07) is 2.82. The molecular weight excluding hydrogens is 594 g/mol. The van der Waals surface area contributed by atoms with Crippen molar-refractivity contribution >= 4 is 23.9 Å². The van der Waals surface area contributed by atoms with E-state index in [1.165, 1.54) is 0 Å².